The monoisotopic (exact) mass is 355 g/mol. The highest BCUT2D eigenvalue weighted by Crippen LogP contribution is 2.27. The van der Waals surface area contributed by atoms with Gasteiger partial charge in [0.1, 0.15) is 5.75 Å². The Kier molecular flexibility index (Phi) is 4.89. The maximum atomic E-state index is 12.5. The van der Waals surface area contributed by atoms with Gasteiger partial charge in [-0.2, -0.15) is 0 Å². The number of rotatable bonds is 5. The summed E-state index contributed by atoms with van der Waals surface area (Å²) >= 11 is 0. The molecule has 0 aliphatic carbocycles. The van der Waals surface area contributed by atoms with Crippen LogP contribution in [0.4, 0.5) is 0 Å². The number of aliphatic carboxylic acids is 1. The molecule has 1 aliphatic rings. The second-order valence-corrected chi connectivity index (χ2v) is 8.66. The molecule has 1 aromatic rings. The number of carboxylic acids is 1. The molecule has 0 aromatic heterocycles. The first-order chi connectivity index (χ1) is 11.0. The van der Waals surface area contributed by atoms with Gasteiger partial charge in [0.2, 0.25) is 0 Å². The Morgan fingerprint density at radius 1 is 1.29 bits per heavy atom. The highest BCUT2D eigenvalue weighted by Gasteiger charge is 2.39. The van der Waals surface area contributed by atoms with Gasteiger partial charge in [-0.25, -0.2) is 13.2 Å². The Morgan fingerprint density at radius 2 is 1.88 bits per heavy atom. The number of aryl methyl sites for hydroxylation is 2. The van der Waals surface area contributed by atoms with Crippen molar-refractivity contribution in [2.75, 3.05) is 18.1 Å². The molecule has 2 rings (SSSR count). The lowest BCUT2D eigenvalue weighted by Crippen LogP contribution is -2.46. The first kappa shape index (κ1) is 18.3. The predicted octanol–water partition coefficient (Wildman–Crippen LogP) is 1.07. The van der Waals surface area contributed by atoms with Crippen LogP contribution in [0.5, 0.6) is 5.75 Å². The summed E-state index contributed by atoms with van der Waals surface area (Å²) in [4.78, 5) is 23.1. The fourth-order valence-electron chi connectivity index (χ4n) is 2.90. The molecule has 0 saturated carbocycles. The summed E-state index contributed by atoms with van der Waals surface area (Å²) in [5.74, 6) is -0.993. The summed E-state index contributed by atoms with van der Waals surface area (Å²) in [5, 5.41) is 11.5. The Balaban J connectivity index is 2.17. The minimum atomic E-state index is -3.11. The minimum absolute atomic E-state index is 0.0660. The van der Waals surface area contributed by atoms with Crippen LogP contribution in [0.1, 0.15) is 34.8 Å². The van der Waals surface area contributed by atoms with Crippen LogP contribution in [0.2, 0.25) is 0 Å². The molecule has 1 aliphatic heterocycles. The standard InChI is InChI=1S/C16H21NO6S/c1-10-6-12(7-11(2)14(10)23-8-13(18)19)15(20)17-16(3)4-5-24(21,22)9-16/h6-7H,4-5,8-9H2,1-3H3,(H,17,20)(H,18,19). The first-order valence-electron chi connectivity index (χ1n) is 7.50. The zero-order chi connectivity index (χ0) is 18.1. The number of hydrogen-bond donors (Lipinski definition) is 2. The van der Waals surface area contributed by atoms with E-state index in [-0.39, 0.29) is 17.4 Å². The van der Waals surface area contributed by atoms with Crippen LogP contribution in [0.15, 0.2) is 12.1 Å². The third-order valence-electron chi connectivity index (χ3n) is 3.98. The van der Waals surface area contributed by atoms with Crippen LogP contribution in [-0.2, 0) is 14.6 Å². The zero-order valence-corrected chi connectivity index (χ0v) is 14.7. The van der Waals surface area contributed by atoms with E-state index in [1.54, 1.807) is 32.9 Å². The average Bonchev–Trinajstić information content (AvgIpc) is 2.70. The van der Waals surface area contributed by atoms with Crippen molar-refractivity contribution in [2.24, 2.45) is 0 Å². The Labute approximate surface area is 140 Å². The Morgan fingerprint density at radius 3 is 2.33 bits per heavy atom. The molecular weight excluding hydrogens is 334 g/mol. The molecule has 1 saturated heterocycles. The number of ether oxygens (including phenoxy) is 1. The van der Waals surface area contributed by atoms with Gasteiger partial charge in [-0.05, 0) is 50.5 Å². The third-order valence-corrected chi connectivity index (χ3v) is 5.88. The minimum Gasteiger partial charge on any atom is -0.481 e. The van der Waals surface area contributed by atoms with Crippen molar-refractivity contribution in [1.82, 2.24) is 5.32 Å². The maximum Gasteiger partial charge on any atom is 0.341 e. The second kappa shape index (κ2) is 6.43. The van der Waals surface area contributed by atoms with Gasteiger partial charge >= 0.3 is 5.97 Å². The van der Waals surface area contributed by atoms with E-state index in [0.29, 0.717) is 28.9 Å². The topological polar surface area (TPSA) is 110 Å². The molecule has 0 spiro atoms. The first-order valence-corrected chi connectivity index (χ1v) is 9.32. The molecule has 0 radical (unpaired) electrons. The molecule has 2 N–H and O–H groups in total. The molecule has 1 aromatic carbocycles. The molecule has 1 amide bonds. The van der Waals surface area contributed by atoms with Gasteiger partial charge < -0.3 is 15.2 Å². The lowest BCUT2D eigenvalue weighted by atomic mass is 10.00. The Bertz CT molecular complexity index is 763. The molecule has 7 nitrogen and oxygen atoms in total. The third kappa shape index (κ3) is 4.25. The number of carbonyl (C=O) groups excluding carboxylic acids is 1. The van der Waals surface area contributed by atoms with Crippen LogP contribution in [-0.4, -0.2) is 49.1 Å². The lowest BCUT2D eigenvalue weighted by molar-refractivity contribution is -0.139. The van der Waals surface area contributed by atoms with Crippen molar-refractivity contribution in [2.45, 2.75) is 32.7 Å². The maximum absolute atomic E-state index is 12.5. The average molecular weight is 355 g/mol. The molecule has 0 bridgehead atoms. The number of nitrogens with one attached hydrogen (secondary N) is 1. The summed E-state index contributed by atoms with van der Waals surface area (Å²) < 4.78 is 28.5. The SMILES string of the molecule is Cc1cc(C(=O)NC2(C)CCS(=O)(=O)C2)cc(C)c1OCC(=O)O. The van der Waals surface area contributed by atoms with Crippen LogP contribution in [0.25, 0.3) is 0 Å². The van der Waals surface area contributed by atoms with E-state index < -0.39 is 28.0 Å². The van der Waals surface area contributed by atoms with Crippen molar-refractivity contribution in [3.05, 3.63) is 28.8 Å². The van der Waals surface area contributed by atoms with Gasteiger partial charge in [-0.15, -0.1) is 0 Å². The molecule has 24 heavy (non-hydrogen) atoms. The number of carbonyl (C=O) groups is 2. The Hall–Kier alpha value is -2.09. The van der Waals surface area contributed by atoms with Gasteiger partial charge in [0.05, 0.1) is 17.0 Å². The van der Waals surface area contributed by atoms with Gasteiger partial charge in [0, 0.05) is 5.56 Å². The summed E-state index contributed by atoms with van der Waals surface area (Å²) in [5.41, 5.74) is 0.908. The second-order valence-electron chi connectivity index (χ2n) is 6.48. The van der Waals surface area contributed by atoms with Gasteiger partial charge in [0.25, 0.3) is 5.91 Å². The summed E-state index contributed by atoms with van der Waals surface area (Å²) in [6.07, 6.45) is 0.388. The fourth-order valence-corrected chi connectivity index (χ4v) is 4.99. The lowest BCUT2D eigenvalue weighted by Gasteiger charge is -2.24. The molecule has 1 heterocycles. The van der Waals surface area contributed by atoms with E-state index in [1.165, 1.54) is 0 Å². The highest BCUT2D eigenvalue weighted by molar-refractivity contribution is 7.91. The van der Waals surface area contributed by atoms with Gasteiger partial charge in [-0.3, -0.25) is 4.79 Å². The van der Waals surface area contributed by atoms with E-state index in [2.05, 4.69) is 5.32 Å². The van der Waals surface area contributed by atoms with Gasteiger partial charge in [-0.1, -0.05) is 0 Å². The number of sulfone groups is 1. The van der Waals surface area contributed by atoms with Crippen molar-refractivity contribution in [3.8, 4) is 5.75 Å². The quantitative estimate of drug-likeness (QED) is 0.818. The largest absolute Gasteiger partial charge is 0.481 e. The number of amides is 1. The molecule has 1 fully saturated rings. The molecule has 1 atom stereocenters. The van der Waals surface area contributed by atoms with E-state index >= 15 is 0 Å². The number of benzene rings is 1. The molecular formula is C16H21NO6S. The smallest absolute Gasteiger partial charge is 0.341 e. The fraction of sp³-hybridized carbons (Fsp3) is 0.500. The molecule has 1 unspecified atom stereocenters. The van der Waals surface area contributed by atoms with Crippen molar-refractivity contribution < 1.29 is 27.9 Å². The highest BCUT2D eigenvalue weighted by atomic mass is 32.2. The summed E-state index contributed by atoms with van der Waals surface area (Å²) in [7, 11) is -3.11. The van der Waals surface area contributed by atoms with Gasteiger partial charge in [0.15, 0.2) is 16.4 Å². The zero-order valence-electron chi connectivity index (χ0n) is 13.9. The summed E-state index contributed by atoms with van der Waals surface area (Å²) in [6.45, 7) is 4.72. The van der Waals surface area contributed by atoms with Crippen molar-refractivity contribution in [1.29, 1.82) is 0 Å². The normalized spacial score (nSPS) is 22.1. The number of hydrogen-bond acceptors (Lipinski definition) is 5. The van der Waals surface area contributed by atoms with E-state index in [9.17, 15) is 18.0 Å². The predicted molar refractivity (Wildman–Crippen MR) is 88.2 cm³/mol. The molecule has 8 heteroatoms. The van der Waals surface area contributed by atoms with Crippen LogP contribution >= 0.6 is 0 Å². The van der Waals surface area contributed by atoms with E-state index in [4.69, 9.17) is 9.84 Å². The van der Waals surface area contributed by atoms with E-state index in [1.807, 2.05) is 0 Å². The summed E-state index contributed by atoms with van der Waals surface area (Å²) in [6, 6.07) is 3.21. The number of carboxylic acid groups (broad SMARTS) is 1. The van der Waals surface area contributed by atoms with Crippen molar-refractivity contribution >= 4 is 21.7 Å². The van der Waals surface area contributed by atoms with Crippen LogP contribution in [0.3, 0.4) is 0 Å². The molecule has 132 valence electrons. The van der Waals surface area contributed by atoms with Crippen molar-refractivity contribution in [3.63, 3.8) is 0 Å². The van der Waals surface area contributed by atoms with Crippen LogP contribution in [0, 0.1) is 13.8 Å². The van der Waals surface area contributed by atoms with Crippen LogP contribution < -0.4 is 10.1 Å². The van der Waals surface area contributed by atoms with E-state index in [0.717, 1.165) is 0 Å².